The van der Waals surface area contributed by atoms with Gasteiger partial charge in [-0.15, -0.1) is 0 Å². The zero-order chi connectivity index (χ0) is 21.4. The first-order valence-corrected chi connectivity index (χ1v) is 9.75. The molecule has 9 nitrogen and oxygen atoms in total. The van der Waals surface area contributed by atoms with Crippen LogP contribution in [-0.4, -0.2) is 50.4 Å². The monoisotopic (exact) mass is 409 g/mol. The van der Waals surface area contributed by atoms with Crippen LogP contribution in [0.25, 0.3) is 0 Å². The van der Waals surface area contributed by atoms with E-state index in [9.17, 15) is 14.7 Å². The molecule has 2 rings (SSSR count). The molecule has 1 aliphatic rings. The van der Waals surface area contributed by atoms with E-state index in [-0.39, 0.29) is 5.56 Å². The number of hydrogen-bond acceptors (Lipinski definition) is 7. The molecule has 0 aromatic heterocycles. The van der Waals surface area contributed by atoms with E-state index in [1.54, 1.807) is 0 Å². The highest BCUT2D eigenvalue weighted by Gasteiger charge is 2.27. The van der Waals surface area contributed by atoms with E-state index < -0.39 is 24.0 Å². The Morgan fingerprint density at radius 2 is 1.66 bits per heavy atom. The molecule has 0 aliphatic heterocycles. The Morgan fingerprint density at radius 3 is 2.17 bits per heavy atom. The van der Waals surface area contributed by atoms with Gasteiger partial charge in [0.2, 0.25) is 5.75 Å². The number of aliphatic hydroxyl groups is 1. The van der Waals surface area contributed by atoms with Gasteiger partial charge in [0.15, 0.2) is 11.5 Å². The van der Waals surface area contributed by atoms with Crippen molar-refractivity contribution in [2.75, 3.05) is 21.3 Å². The summed E-state index contributed by atoms with van der Waals surface area (Å²) in [5.74, 6) is 0.0187. The van der Waals surface area contributed by atoms with Gasteiger partial charge in [-0.1, -0.05) is 32.1 Å². The summed E-state index contributed by atoms with van der Waals surface area (Å²) in [5, 5.41) is 10.2. The van der Waals surface area contributed by atoms with E-state index in [4.69, 9.17) is 19.9 Å². The van der Waals surface area contributed by atoms with E-state index in [2.05, 4.69) is 10.9 Å². The fourth-order valence-electron chi connectivity index (χ4n) is 3.61. The average Bonchev–Trinajstić information content (AvgIpc) is 2.75. The number of hydrazine groups is 1. The standard InChI is InChI=1S/C20H31N3O6/c1-27-15-10-13(11-16(28-2)18(15)29-3)19(25)22-23-20(26)17(24)14(21)9-12-7-5-4-6-8-12/h10-12,14,17,24H,4-9,21H2,1-3H3,(H,22,25)(H,23,26)/t14-,17?/m1/s1. The Bertz CT molecular complexity index is 680. The molecule has 1 aliphatic carbocycles. The van der Waals surface area contributed by atoms with Crippen LogP contribution in [0.3, 0.4) is 0 Å². The van der Waals surface area contributed by atoms with Crippen molar-refractivity contribution in [2.24, 2.45) is 11.7 Å². The molecule has 9 heteroatoms. The summed E-state index contributed by atoms with van der Waals surface area (Å²) in [6.45, 7) is 0. The van der Waals surface area contributed by atoms with E-state index in [1.165, 1.54) is 39.9 Å². The van der Waals surface area contributed by atoms with Crippen LogP contribution in [0.2, 0.25) is 0 Å². The molecular formula is C20H31N3O6. The van der Waals surface area contributed by atoms with Crippen LogP contribution >= 0.6 is 0 Å². The van der Waals surface area contributed by atoms with Gasteiger partial charge >= 0.3 is 0 Å². The van der Waals surface area contributed by atoms with Crippen molar-refractivity contribution in [1.82, 2.24) is 10.9 Å². The summed E-state index contributed by atoms with van der Waals surface area (Å²) in [6.07, 6.45) is 4.85. The lowest BCUT2D eigenvalue weighted by atomic mass is 9.84. The first kappa shape index (κ1) is 22.8. The molecule has 29 heavy (non-hydrogen) atoms. The smallest absolute Gasteiger partial charge is 0.269 e. The van der Waals surface area contributed by atoms with Gasteiger partial charge in [-0.05, 0) is 24.5 Å². The number of hydrogen-bond donors (Lipinski definition) is 4. The molecule has 1 fully saturated rings. The summed E-state index contributed by atoms with van der Waals surface area (Å²) >= 11 is 0. The van der Waals surface area contributed by atoms with Gasteiger partial charge < -0.3 is 25.1 Å². The number of aliphatic hydroxyl groups excluding tert-OH is 1. The van der Waals surface area contributed by atoms with E-state index in [0.717, 1.165) is 25.7 Å². The van der Waals surface area contributed by atoms with Gasteiger partial charge in [0.1, 0.15) is 6.10 Å². The highest BCUT2D eigenvalue weighted by atomic mass is 16.5. The summed E-state index contributed by atoms with van der Waals surface area (Å²) in [4.78, 5) is 24.6. The fourth-order valence-corrected chi connectivity index (χ4v) is 3.61. The summed E-state index contributed by atoms with van der Waals surface area (Å²) < 4.78 is 15.6. The van der Waals surface area contributed by atoms with Crippen molar-refractivity contribution < 1.29 is 28.9 Å². The van der Waals surface area contributed by atoms with E-state index in [0.29, 0.717) is 29.6 Å². The number of rotatable bonds is 8. The first-order chi connectivity index (χ1) is 13.9. The van der Waals surface area contributed by atoms with Crippen molar-refractivity contribution in [2.45, 2.75) is 50.7 Å². The van der Waals surface area contributed by atoms with Crippen molar-refractivity contribution in [3.8, 4) is 17.2 Å². The quantitative estimate of drug-likeness (QED) is 0.473. The van der Waals surface area contributed by atoms with Crippen LogP contribution < -0.4 is 30.8 Å². The third-order valence-electron chi connectivity index (χ3n) is 5.23. The molecule has 0 heterocycles. The van der Waals surface area contributed by atoms with Crippen LogP contribution in [0.5, 0.6) is 17.2 Å². The molecule has 1 unspecified atom stereocenters. The minimum Gasteiger partial charge on any atom is -0.493 e. The number of carbonyl (C=O) groups excluding carboxylic acids is 2. The number of benzene rings is 1. The Morgan fingerprint density at radius 1 is 1.07 bits per heavy atom. The van der Waals surface area contributed by atoms with E-state index in [1.807, 2.05) is 0 Å². The molecule has 0 radical (unpaired) electrons. The first-order valence-electron chi connectivity index (χ1n) is 9.75. The van der Waals surface area contributed by atoms with Gasteiger partial charge in [-0.2, -0.15) is 0 Å². The Hall–Kier alpha value is -2.52. The minimum atomic E-state index is -1.41. The summed E-state index contributed by atoms with van der Waals surface area (Å²) in [5.41, 5.74) is 10.7. The second-order valence-corrected chi connectivity index (χ2v) is 7.21. The molecule has 2 atom stereocenters. The lowest BCUT2D eigenvalue weighted by Crippen LogP contribution is -2.52. The maximum Gasteiger partial charge on any atom is 0.269 e. The van der Waals surface area contributed by atoms with Gasteiger partial charge in [-0.3, -0.25) is 20.4 Å². The van der Waals surface area contributed by atoms with Crippen LogP contribution in [0.15, 0.2) is 12.1 Å². The summed E-state index contributed by atoms with van der Waals surface area (Å²) in [6, 6.07) is 2.22. The molecule has 1 aromatic rings. The maximum atomic E-state index is 12.4. The van der Waals surface area contributed by atoms with Gasteiger partial charge in [0, 0.05) is 11.6 Å². The second-order valence-electron chi connectivity index (χ2n) is 7.21. The van der Waals surface area contributed by atoms with Crippen LogP contribution in [0.1, 0.15) is 48.9 Å². The predicted molar refractivity (Wildman–Crippen MR) is 107 cm³/mol. The number of nitrogens with one attached hydrogen (secondary N) is 2. The molecule has 5 N–H and O–H groups in total. The number of methoxy groups -OCH3 is 3. The highest BCUT2D eigenvalue weighted by Crippen LogP contribution is 2.38. The van der Waals surface area contributed by atoms with Crippen molar-refractivity contribution in [1.29, 1.82) is 0 Å². The minimum absolute atomic E-state index is 0.181. The number of ether oxygens (including phenoxy) is 3. The van der Waals surface area contributed by atoms with Crippen LogP contribution in [-0.2, 0) is 4.79 Å². The molecule has 0 bridgehead atoms. The summed E-state index contributed by atoms with van der Waals surface area (Å²) in [7, 11) is 4.33. The number of carbonyl (C=O) groups is 2. The van der Waals surface area contributed by atoms with Crippen LogP contribution in [0.4, 0.5) is 0 Å². The van der Waals surface area contributed by atoms with Crippen LogP contribution in [0, 0.1) is 5.92 Å². The molecule has 0 spiro atoms. The third-order valence-corrected chi connectivity index (χ3v) is 5.23. The van der Waals surface area contributed by atoms with Crippen molar-refractivity contribution in [3.63, 3.8) is 0 Å². The molecule has 2 amide bonds. The largest absolute Gasteiger partial charge is 0.493 e. The van der Waals surface area contributed by atoms with Crippen molar-refractivity contribution in [3.05, 3.63) is 17.7 Å². The predicted octanol–water partition coefficient (Wildman–Crippen LogP) is 1.13. The molecule has 1 saturated carbocycles. The Balaban J connectivity index is 1.94. The molecule has 0 saturated heterocycles. The zero-order valence-electron chi connectivity index (χ0n) is 17.2. The maximum absolute atomic E-state index is 12.4. The zero-order valence-corrected chi connectivity index (χ0v) is 17.2. The van der Waals surface area contributed by atoms with E-state index >= 15 is 0 Å². The fraction of sp³-hybridized carbons (Fsp3) is 0.600. The highest BCUT2D eigenvalue weighted by molar-refractivity contribution is 5.97. The Kier molecular flexibility index (Phi) is 8.53. The lowest BCUT2D eigenvalue weighted by Gasteiger charge is -2.26. The molecule has 1 aromatic carbocycles. The average molecular weight is 409 g/mol. The molecule has 162 valence electrons. The van der Waals surface area contributed by atoms with Gasteiger partial charge in [0.05, 0.1) is 21.3 Å². The number of nitrogens with two attached hydrogens (primary N) is 1. The SMILES string of the molecule is COc1cc(C(=O)NNC(=O)C(O)[C@H](N)CC2CCCCC2)cc(OC)c1OC. The normalized spacial score (nSPS) is 16.4. The lowest BCUT2D eigenvalue weighted by molar-refractivity contribution is -0.131. The number of amides is 2. The van der Waals surface area contributed by atoms with Crippen molar-refractivity contribution >= 4 is 11.8 Å². The molecular weight excluding hydrogens is 378 g/mol. The topological polar surface area (TPSA) is 132 Å². The van der Waals surface area contributed by atoms with Gasteiger partial charge in [-0.25, -0.2) is 0 Å². The van der Waals surface area contributed by atoms with Gasteiger partial charge in [0.25, 0.3) is 11.8 Å². The third kappa shape index (κ3) is 5.98. The second kappa shape index (κ2) is 10.9. The Labute approximate surface area is 170 Å².